The summed E-state index contributed by atoms with van der Waals surface area (Å²) in [4.78, 5) is 1.92. The average Bonchev–Trinajstić information content (AvgIpc) is 2.94. The molecule has 1 aromatic carbocycles. The molecule has 1 N–H and O–H groups in total. The van der Waals surface area contributed by atoms with Crippen molar-refractivity contribution in [2.45, 2.75) is 6.92 Å². The predicted octanol–water partition coefficient (Wildman–Crippen LogP) is 2.63. The number of thiazole rings is 1. The number of aryl methyl sites for hydroxylation is 1. The lowest BCUT2D eigenvalue weighted by atomic mass is 10.2. The molecule has 10 heteroatoms. The molecule has 0 atom stereocenters. The summed E-state index contributed by atoms with van der Waals surface area (Å²) in [6, 6.07) is 7.41. The van der Waals surface area contributed by atoms with E-state index in [4.69, 9.17) is 4.55 Å². The Morgan fingerprint density at radius 2 is 2.00 bits per heavy atom. The summed E-state index contributed by atoms with van der Waals surface area (Å²) in [5.41, 5.74) is 1.62. The van der Waals surface area contributed by atoms with Gasteiger partial charge in [0, 0.05) is 24.2 Å². The molecular formula is C14H19N4O4S2+. The minimum atomic E-state index is -4.40. The Morgan fingerprint density at radius 3 is 2.54 bits per heavy atom. The van der Waals surface area contributed by atoms with Crippen LogP contribution >= 0.6 is 11.3 Å². The van der Waals surface area contributed by atoms with Gasteiger partial charge in [-0.25, -0.2) is 8.75 Å². The van der Waals surface area contributed by atoms with Crippen LogP contribution in [0.1, 0.15) is 6.92 Å². The molecule has 0 spiro atoms. The molecule has 8 nitrogen and oxygen atoms in total. The van der Waals surface area contributed by atoms with Crippen LogP contribution in [0.15, 0.2) is 46.1 Å². The third-order valence-corrected chi connectivity index (χ3v) is 4.50. The fraction of sp³-hybridized carbons (Fsp3) is 0.357. The van der Waals surface area contributed by atoms with Gasteiger partial charge in [-0.1, -0.05) is 0 Å². The smallest absolute Gasteiger partial charge is 0.369 e. The molecule has 0 fully saturated rings. The Labute approximate surface area is 145 Å². The zero-order chi connectivity index (χ0) is 17.6. The first-order valence-electron chi connectivity index (χ1n) is 7.21. The molecule has 0 unspecified atom stereocenters. The Kier molecular flexibility index (Phi) is 6.37. The maximum atomic E-state index is 10.6. The number of hydrogen-bond donors (Lipinski definition) is 1. The summed E-state index contributed by atoms with van der Waals surface area (Å²) in [6.45, 7) is 2.82. The quantitative estimate of drug-likeness (QED) is 0.437. The van der Waals surface area contributed by atoms with Crippen LogP contribution in [0.2, 0.25) is 0 Å². The van der Waals surface area contributed by atoms with Crippen LogP contribution in [0, 0.1) is 0 Å². The van der Waals surface area contributed by atoms with Gasteiger partial charge in [-0.05, 0) is 47.6 Å². The Bertz CT molecular complexity index is 787. The molecule has 24 heavy (non-hydrogen) atoms. The maximum absolute atomic E-state index is 10.6. The second-order valence-electron chi connectivity index (χ2n) is 4.84. The lowest BCUT2D eigenvalue weighted by Gasteiger charge is -2.22. The number of anilines is 1. The summed E-state index contributed by atoms with van der Waals surface area (Å²) in [5, 5.41) is 11.1. The molecule has 0 radical (unpaired) electrons. The van der Waals surface area contributed by atoms with E-state index in [1.807, 2.05) is 59.3 Å². The van der Waals surface area contributed by atoms with E-state index in [1.54, 1.807) is 0 Å². The molecule has 0 amide bonds. The number of benzene rings is 1. The highest BCUT2D eigenvalue weighted by Gasteiger charge is 2.10. The van der Waals surface area contributed by atoms with E-state index in [9.17, 15) is 8.42 Å². The summed E-state index contributed by atoms with van der Waals surface area (Å²) in [5.74, 6) is 0. The minimum Gasteiger partial charge on any atom is -0.369 e. The summed E-state index contributed by atoms with van der Waals surface area (Å²) >= 11 is 1.50. The van der Waals surface area contributed by atoms with Crippen molar-refractivity contribution in [3.63, 3.8) is 0 Å². The summed E-state index contributed by atoms with van der Waals surface area (Å²) < 4.78 is 35.9. The largest absolute Gasteiger partial charge is 0.408 e. The lowest BCUT2D eigenvalue weighted by molar-refractivity contribution is -0.654. The Morgan fingerprint density at radius 1 is 1.29 bits per heavy atom. The topological polar surface area (TPSA) is 95.4 Å². The molecule has 0 saturated carbocycles. The van der Waals surface area contributed by atoms with E-state index in [0.717, 1.165) is 16.5 Å². The van der Waals surface area contributed by atoms with Gasteiger partial charge in [0.1, 0.15) is 11.9 Å². The standard InChI is InChI=1S/C14H18N4O4S2/c1-3-18(8-10-22-24(19,20)21)13-6-4-12(5-7-13)15-16-14-17(2)9-11-23-14/h4-7,9,11H,3,8,10H2,1-2H3/p+1. The van der Waals surface area contributed by atoms with Gasteiger partial charge in [0.15, 0.2) is 0 Å². The molecule has 1 heterocycles. The molecule has 0 aliphatic rings. The van der Waals surface area contributed by atoms with Crippen LogP contribution in [0.3, 0.4) is 0 Å². The first-order valence-corrected chi connectivity index (χ1v) is 9.45. The molecule has 2 aromatic rings. The fourth-order valence-corrected chi connectivity index (χ4v) is 2.94. The van der Waals surface area contributed by atoms with Gasteiger partial charge < -0.3 is 4.90 Å². The van der Waals surface area contributed by atoms with Gasteiger partial charge >= 0.3 is 15.5 Å². The van der Waals surface area contributed by atoms with Gasteiger partial charge in [0.2, 0.25) is 0 Å². The SMILES string of the molecule is CCN(CCOS(=O)(=O)O)c1ccc(/N=N\c2scc[n+]2C)cc1. The molecular weight excluding hydrogens is 352 g/mol. The Balaban J connectivity index is 1.99. The van der Waals surface area contributed by atoms with E-state index in [-0.39, 0.29) is 6.61 Å². The highest BCUT2D eigenvalue weighted by molar-refractivity contribution is 7.80. The number of azo groups is 1. The van der Waals surface area contributed by atoms with E-state index in [2.05, 4.69) is 14.4 Å². The second kappa shape index (κ2) is 8.29. The summed E-state index contributed by atoms with van der Waals surface area (Å²) in [7, 11) is -2.50. The predicted molar refractivity (Wildman–Crippen MR) is 91.5 cm³/mol. The zero-order valence-corrected chi connectivity index (χ0v) is 15.0. The zero-order valence-electron chi connectivity index (χ0n) is 13.4. The van der Waals surface area contributed by atoms with E-state index in [0.29, 0.717) is 13.1 Å². The van der Waals surface area contributed by atoms with Crippen LogP contribution in [0.25, 0.3) is 0 Å². The normalized spacial score (nSPS) is 12.0. The van der Waals surface area contributed by atoms with Crippen LogP contribution in [-0.2, 0) is 21.6 Å². The molecule has 0 aliphatic carbocycles. The number of rotatable bonds is 8. The third-order valence-electron chi connectivity index (χ3n) is 3.20. The van der Waals surface area contributed by atoms with Crippen molar-refractivity contribution in [3.8, 4) is 0 Å². The second-order valence-corrected chi connectivity index (χ2v) is 6.81. The molecule has 0 saturated heterocycles. The van der Waals surface area contributed by atoms with E-state index >= 15 is 0 Å². The number of nitrogens with zero attached hydrogens (tertiary/aromatic N) is 4. The van der Waals surface area contributed by atoms with Crippen molar-refractivity contribution >= 4 is 38.2 Å². The molecule has 0 aliphatic heterocycles. The van der Waals surface area contributed by atoms with Crippen molar-refractivity contribution < 1.29 is 21.7 Å². The van der Waals surface area contributed by atoms with Crippen molar-refractivity contribution in [3.05, 3.63) is 35.8 Å². The highest BCUT2D eigenvalue weighted by atomic mass is 32.3. The molecule has 1 aromatic heterocycles. The lowest BCUT2D eigenvalue weighted by Crippen LogP contribution is -2.27. The third kappa shape index (κ3) is 5.64. The molecule has 2 rings (SSSR count). The number of aromatic nitrogens is 1. The highest BCUT2D eigenvalue weighted by Crippen LogP contribution is 2.22. The minimum absolute atomic E-state index is 0.122. The number of likely N-dealkylation sites (N-methyl/N-ethyl adjacent to an activating group) is 1. The van der Waals surface area contributed by atoms with Crippen LogP contribution in [0.5, 0.6) is 0 Å². The van der Waals surface area contributed by atoms with Crippen LogP contribution in [-0.4, -0.2) is 32.7 Å². The van der Waals surface area contributed by atoms with Crippen LogP contribution in [0.4, 0.5) is 16.5 Å². The first-order chi connectivity index (χ1) is 11.4. The van der Waals surface area contributed by atoms with Gasteiger partial charge in [-0.2, -0.15) is 8.42 Å². The van der Waals surface area contributed by atoms with Gasteiger partial charge in [0.25, 0.3) is 0 Å². The van der Waals surface area contributed by atoms with Gasteiger partial charge in [-0.15, -0.1) is 0 Å². The fourth-order valence-electron chi connectivity index (χ4n) is 1.98. The molecule has 0 bridgehead atoms. The summed E-state index contributed by atoms with van der Waals surface area (Å²) in [6.07, 6.45) is 1.91. The average molecular weight is 371 g/mol. The number of hydrogen-bond acceptors (Lipinski definition) is 7. The monoisotopic (exact) mass is 371 g/mol. The first kappa shape index (κ1) is 18.5. The van der Waals surface area contributed by atoms with E-state index < -0.39 is 10.4 Å². The van der Waals surface area contributed by atoms with Crippen molar-refractivity contribution in [1.29, 1.82) is 0 Å². The van der Waals surface area contributed by atoms with Gasteiger partial charge in [0.05, 0.1) is 18.8 Å². The van der Waals surface area contributed by atoms with Crippen LogP contribution < -0.4 is 9.47 Å². The van der Waals surface area contributed by atoms with Crippen molar-refractivity contribution in [2.75, 3.05) is 24.6 Å². The molecule has 130 valence electrons. The van der Waals surface area contributed by atoms with Gasteiger partial charge in [-0.3, -0.25) is 4.55 Å². The van der Waals surface area contributed by atoms with Crippen molar-refractivity contribution in [2.24, 2.45) is 17.3 Å². The van der Waals surface area contributed by atoms with E-state index in [1.165, 1.54) is 11.3 Å². The maximum Gasteiger partial charge on any atom is 0.408 e. The van der Waals surface area contributed by atoms with Crippen molar-refractivity contribution in [1.82, 2.24) is 0 Å². The Hall–Kier alpha value is -1.88.